The molecule has 16 nitrogen and oxygen atoms in total. The van der Waals surface area contributed by atoms with Crippen LogP contribution in [0.4, 0.5) is 11.4 Å². The molecule has 4 aromatic heterocycles. The highest BCUT2D eigenvalue weighted by Gasteiger charge is 2.41. The monoisotopic (exact) mass is 1050 g/mol. The average Bonchev–Trinajstić information content (AvgIpc) is 3.30. The van der Waals surface area contributed by atoms with Crippen LogP contribution >= 0.6 is 35.1 Å². The fraction of sp³-hybridized carbons (Fsp3) is 0.333. The minimum atomic E-state index is -1.65. The van der Waals surface area contributed by atoms with E-state index >= 15 is 0 Å². The fourth-order valence-electron chi connectivity index (χ4n) is 7.23. The molecule has 0 amide bonds. The highest BCUT2D eigenvalue weighted by molar-refractivity contribution is 7.99. The van der Waals surface area contributed by atoms with Gasteiger partial charge in [-0.3, -0.25) is 54.4 Å². The number of esters is 2. The summed E-state index contributed by atoms with van der Waals surface area (Å²) in [5.74, 6) is -2.56. The largest absolute Gasteiger partial charge is 0.459 e. The van der Waals surface area contributed by atoms with Crippen molar-refractivity contribution in [1.29, 1.82) is 0 Å². The van der Waals surface area contributed by atoms with Crippen molar-refractivity contribution < 1.29 is 38.5 Å². The lowest BCUT2D eigenvalue weighted by atomic mass is 9.93. The van der Waals surface area contributed by atoms with Gasteiger partial charge in [-0.2, -0.15) is 0 Å². The summed E-state index contributed by atoms with van der Waals surface area (Å²) in [7, 11) is 0. The van der Waals surface area contributed by atoms with Crippen molar-refractivity contribution in [3.8, 4) is 0 Å². The summed E-state index contributed by atoms with van der Waals surface area (Å²) in [6.45, 7) is 18.3. The van der Waals surface area contributed by atoms with Gasteiger partial charge in [-0.1, -0.05) is 86.1 Å². The highest BCUT2D eigenvalue weighted by atomic mass is 35.5. The van der Waals surface area contributed by atoms with Gasteiger partial charge in [0, 0.05) is 59.6 Å². The molecule has 0 N–H and O–H groups in total. The Morgan fingerprint density at radius 2 is 1.04 bits per heavy atom. The van der Waals surface area contributed by atoms with E-state index in [9.17, 15) is 39.4 Å². The van der Waals surface area contributed by atoms with E-state index in [2.05, 4.69) is 19.9 Å². The highest BCUT2D eigenvalue weighted by Crippen LogP contribution is 2.34. The Kier molecular flexibility index (Phi) is 21.9. The molecule has 4 heterocycles. The summed E-state index contributed by atoms with van der Waals surface area (Å²) in [6.07, 6.45) is 6.75. The van der Waals surface area contributed by atoms with E-state index in [4.69, 9.17) is 21.1 Å². The molecule has 6 rings (SSSR count). The van der Waals surface area contributed by atoms with Gasteiger partial charge in [0.2, 0.25) is 10.9 Å². The van der Waals surface area contributed by atoms with Gasteiger partial charge in [0.15, 0.2) is 11.7 Å². The van der Waals surface area contributed by atoms with Gasteiger partial charge in [0.1, 0.15) is 34.7 Å². The molecule has 2 aromatic carbocycles. The summed E-state index contributed by atoms with van der Waals surface area (Å²) in [5.41, 5.74) is 3.05. The van der Waals surface area contributed by atoms with Crippen LogP contribution in [0.25, 0.3) is 0 Å². The standard InChI is InChI=1S/C27H29N3O5S.C21H25NO3S.C6H5ClN2O2/c1-6-36-21-13-18(3)16-29-24(21)25(31)22(23-20(30(33)34)12-17(2)15-28-23)26(32)35-27(4,5)14-19-10-8-7-9-11-19;1-5-26-18-11-15(2)14-22-20(18)17(23)12-19(24)25-21(3,4)13-16-9-7-6-8-10-16;1-4-2-5(9(10)11)6(7)8-3-4/h7-13,15-16,22H,6,14H2,1-5H3;6-11,14H,5,12-13H2,1-4H3;2-3H,1H3. The lowest BCUT2D eigenvalue weighted by Gasteiger charge is -2.27. The van der Waals surface area contributed by atoms with Gasteiger partial charge in [-0.25, -0.2) is 4.98 Å². The Balaban J connectivity index is 0.000000270. The number of pyridine rings is 4. The molecular weight excluding hydrogens is 992 g/mol. The average molecular weight is 1050 g/mol. The number of rotatable bonds is 19. The molecule has 6 aromatic rings. The summed E-state index contributed by atoms with van der Waals surface area (Å²) >= 11 is 8.40. The molecular formula is C54H59ClN6O10S2. The quantitative estimate of drug-likeness (QED) is 0.0140. The van der Waals surface area contributed by atoms with E-state index < -0.39 is 50.4 Å². The van der Waals surface area contributed by atoms with Crippen LogP contribution in [-0.2, 0) is 31.9 Å². The van der Waals surface area contributed by atoms with Crippen molar-refractivity contribution in [3.63, 3.8) is 0 Å². The van der Waals surface area contributed by atoms with Crippen molar-refractivity contribution in [2.24, 2.45) is 0 Å². The number of halogens is 1. The first-order valence-corrected chi connectivity index (χ1v) is 25.4. The minimum absolute atomic E-state index is 0.0620. The van der Waals surface area contributed by atoms with Crippen molar-refractivity contribution >= 4 is 70.0 Å². The summed E-state index contributed by atoms with van der Waals surface area (Å²) in [5, 5.41) is 22.1. The SMILES string of the molecule is CCSc1cc(C)cnc1C(=O)C(C(=O)OC(C)(C)Cc1ccccc1)c1ncc(C)cc1[N+](=O)[O-].CCSc1cc(C)cnc1C(=O)CC(=O)OC(C)(C)Cc1ccccc1.Cc1cnc(Cl)c([N+](=O)[O-])c1. The van der Waals surface area contributed by atoms with Gasteiger partial charge < -0.3 is 9.47 Å². The van der Waals surface area contributed by atoms with Crippen LogP contribution in [0.5, 0.6) is 0 Å². The molecule has 73 heavy (non-hydrogen) atoms. The van der Waals surface area contributed by atoms with Crippen LogP contribution in [0.2, 0.25) is 5.15 Å². The van der Waals surface area contributed by atoms with E-state index in [1.165, 1.54) is 42.5 Å². The molecule has 0 saturated carbocycles. The molecule has 0 bridgehead atoms. The Bertz CT molecular complexity index is 2920. The van der Waals surface area contributed by atoms with E-state index in [0.29, 0.717) is 34.7 Å². The number of hydrogen-bond donors (Lipinski definition) is 0. The molecule has 1 atom stereocenters. The second-order valence-corrected chi connectivity index (χ2v) is 20.9. The summed E-state index contributed by atoms with van der Waals surface area (Å²) < 4.78 is 11.4. The number of ether oxygens (including phenoxy) is 2. The van der Waals surface area contributed by atoms with Crippen LogP contribution in [0, 0.1) is 47.9 Å². The number of thioether (sulfide) groups is 2. The zero-order valence-corrected chi connectivity index (χ0v) is 44.9. The van der Waals surface area contributed by atoms with E-state index in [1.54, 1.807) is 45.7 Å². The van der Waals surface area contributed by atoms with Crippen molar-refractivity contribution in [2.45, 2.75) is 115 Å². The van der Waals surface area contributed by atoms with E-state index in [0.717, 1.165) is 38.5 Å². The lowest BCUT2D eigenvalue weighted by Crippen LogP contribution is -2.36. The summed E-state index contributed by atoms with van der Waals surface area (Å²) in [6, 6.07) is 25.7. The van der Waals surface area contributed by atoms with Crippen LogP contribution in [0.1, 0.15) is 114 Å². The third-order valence-corrected chi connectivity index (χ3v) is 12.4. The zero-order valence-electron chi connectivity index (χ0n) is 42.5. The van der Waals surface area contributed by atoms with Gasteiger partial charge in [-0.05, 0) is 112 Å². The Hall–Kier alpha value is -6.89. The van der Waals surface area contributed by atoms with Gasteiger partial charge in [0.25, 0.3) is 5.69 Å². The number of ketones is 2. The minimum Gasteiger partial charge on any atom is -0.459 e. The van der Waals surface area contributed by atoms with Crippen LogP contribution in [0.15, 0.2) is 120 Å². The van der Waals surface area contributed by atoms with Crippen LogP contribution < -0.4 is 0 Å². The maximum Gasteiger partial charge on any atom is 0.323 e. The maximum absolute atomic E-state index is 13.9. The smallest absolute Gasteiger partial charge is 0.323 e. The first kappa shape index (κ1) is 58.7. The lowest BCUT2D eigenvalue weighted by molar-refractivity contribution is -0.386. The molecule has 384 valence electrons. The first-order valence-electron chi connectivity index (χ1n) is 23.1. The second kappa shape index (κ2) is 27.2. The van der Waals surface area contributed by atoms with E-state index in [1.807, 2.05) is 114 Å². The van der Waals surface area contributed by atoms with Crippen molar-refractivity contribution in [3.05, 3.63) is 186 Å². The van der Waals surface area contributed by atoms with Crippen LogP contribution in [0.3, 0.4) is 0 Å². The summed E-state index contributed by atoms with van der Waals surface area (Å²) in [4.78, 5) is 91.0. The Morgan fingerprint density at radius 3 is 1.52 bits per heavy atom. The van der Waals surface area contributed by atoms with Crippen LogP contribution in [-0.4, -0.2) is 76.0 Å². The molecule has 0 saturated heterocycles. The van der Waals surface area contributed by atoms with E-state index in [-0.39, 0.29) is 34.4 Å². The van der Waals surface area contributed by atoms with Gasteiger partial charge in [-0.15, -0.1) is 23.5 Å². The number of nitrogens with zero attached hydrogens (tertiary/aromatic N) is 6. The zero-order chi connectivity index (χ0) is 54.0. The molecule has 0 radical (unpaired) electrons. The molecule has 0 aliphatic rings. The normalized spacial score (nSPS) is 11.4. The third kappa shape index (κ3) is 18.3. The number of hydrogen-bond acceptors (Lipinski definition) is 16. The molecule has 0 aliphatic carbocycles. The predicted octanol–water partition coefficient (Wildman–Crippen LogP) is 12.2. The Morgan fingerprint density at radius 1 is 0.616 bits per heavy atom. The second-order valence-electron chi connectivity index (χ2n) is 18.0. The van der Waals surface area contributed by atoms with Gasteiger partial charge in [0.05, 0.1) is 9.85 Å². The fourth-order valence-corrected chi connectivity index (χ4v) is 9.15. The molecule has 1 unspecified atom stereocenters. The molecule has 0 aliphatic heterocycles. The number of carbonyl (C=O) groups excluding carboxylic acids is 4. The number of Topliss-reactive ketones (excluding diaryl/α,β-unsaturated/α-hetero) is 2. The molecule has 0 spiro atoms. The van der Waals surface area contributed by atoms with Gasteiger partial charge >= 0.3 is 17.6 Å². The molecule has 0 fully saturated rings. The van der Waals surface area contributed by atoms with Crippen molar-refractivity contribution in [2.75, 3.05) is 11.5 Å². The number of aromatic nitrogens is 4. The number of carbonyl (C=O) groups is 4. The van der Waals surface area contributed by atoms with Crippen molar-refractivity contribution in [1.82, 2.24) is 19.9 Å². The molecule has 19 heteroatoms. The third-order valence-electron chi connectivity index (χ3n) is 10.2. The maximum atomic E-state index is 13.9. The Labute approximate surface area is 438 Å². The topological polar surface area (TPSA) is 225 Å². The number of nitro groups is 2. The number of aryl methyl sites for hydroxylation is 4. The first-order chi connectivity index (χ1) is 34.4. The number of benzene rings is 2. The predicted molar refractivity (Wildman–Crippen MR) is 284 cm³/mol.